The van der Waals surface area contributed by atoms with Crippen LogP contribution in [0.25, 0.3) is 0 Å². The minimum Gasteiger partial charge on any atom is -0.381 e. The van der Waals surface area contributed by atoms with Gasteiger partial charge in [-0.3, -0.25) is 14.4 Å². The molecule has 7 heteroatoms. The highest BCUT2D eigenvalue weighted by atomic mass is 16.5. The Hall–Kier alpha value is -2.41. The van der Waals surface area contributed by atoms with Crippen molar-refractivity contribution >= 4 is 29.1 Å². The van der Waals surface area contributed by atoms with Crippen molar-refractivity contribution in [3.63, 3.8) is 0 Å². The number of rotatable bonds is 6. The van der Waals surface area contributed by atoms with Gasteiger partial charge in [0.2, 0.25) is 17.7 Å². The third-order valence-electron chi connectivity index (χ3n) is 4.09. The molecule has 0 aliphatic carbocycles. The Morgan fingerprint density at radius 2 is 1.92 bits per heavy atom. The first kappa shape index (κ1) is 18.9. The summed E-state index contributed by atoms with van der Waals surface area (Å²) in [6.07, 6.45) is 1.47. The van der Waals surface area contributed by atoms with E-state index >= 15 is 0 Å². The molecule has 3 amide bonds. The Bertz CT molecular complexity index is 627. The van der Waals surface area contributed by atoms with Gasteiger partial charge in [-0.05, 0) is 31.0 Å². The van der Waals surface area contributed by atoms with Crippen LogP contribution in [0.5, 0.6) is 0 Å². The van der Waals surface area contributed by atoms with Crippen molar-refractivity contribution in [2.24, 2.45) is 5.92 Å². The van der Waals surface area contributed by atoms with E-state index in [-0.39, 0.29) is 23.6 Å². The molecule has 1 saturated heterocycles. The molecule has 0 atom stereocenters. The van der Waals surface area contributed by atoms with Gasteiger partial charge in [0, 0.05) is 57.4 Å². The van der Waals surface area contributed by atoms with Crippen molar-refractivity contribution in [2.75, 3.05) is 36.5 Å². The van der Waals surface area contributed by atoms with Gasteiger partial charge >= 0.3 is 0 Å². The van der Waals surface area contributed by atoms with E-state index in [0.29, 0.717) is 37.7 Å². The molecule has 0 saturated carbocycles. The Morgan fingerprint density at radius 3 is 2.56 bits per heavy atom. The molecule has 1 aliphatic rings. The Kier molecular flexibility index (Phi) is 6.94. The lowest BCUT2D eigenvalue weighted by molar-refractivity contribution is -0.128. The van der Waals surface area contributed by atoms with Crippen molar-refractivity contribution in [2.45, 2.75) is 26.7 Å². The van der Waals surface area contributed by atoms with Crippen LogP contribution in [0.2, 0.25) is 0 Å². The van der Waals surface area contributed by atoms with Crippen LogP contribution < -0.4 is 15.5 Å². The minimum absolute atomic E-state index is 0.0115. The van der Waals surface area contributed by atoms with Crippen molar-refractivity contribution < 1.29 is 19.1 Å². The van der Waals surface area contributed by atoms with E-state index in [2.05, 4.69) is 10.6 Å². The number of benzene rings is 1. The van der Waals surface area contributed by atoms with Crippen molar-refractivity contribution in [1.29, 1.82) is 0 Å². The molecule has 0 bridgehead atoms. The standard InChI is InChI=1S/C18H25N3O4/c1-13(22)20-16-4-3-5-17(12-16)21(14(2)23)9-8-19-18(24)15-6-10-25-11-7-15/h3-5,12,15H,6-11H2,1-2H3,(H,19,24)(H,20,22). The van der Waals surface area contributed by atoms with Crippen molar-refractivity contribution in [3.8, 4) is 0 Å². The van der Waals surface area contributed by atoms with Crippen LogP contribution in [0.1, 0.15) is 26.7 Å². The highest BCUT2D eigenvalue weighted by Gasteiger charge is 2.21. The molecule has 0 radical (unpaired) electrons. The molecule has 25 heavy (non-hydrogen) atoms. The van der Waals surface area contributed by atoms with Gasteiger partial charge in [0.25, 0.3) is 0 Å². The maximum Gasteiger partial charge on any atom is 0.223 e. The summed E-state index contributed by atoms with van der Waals surface area (Å²) in [5, 5.41) is 5.59. The molecule has 0 spiro atoms. The van der Waals surface area contributed by atoms with Crippen LogP contribution in [-0.4, -0.2) is 44.0 Å². The topological polar surface area (TPSA) is 87.7 Å². The van der Waals surface area contributed by atoms with E-state index in [1.807, 2.05) is 0 Å². The Balaban J connectivity index is 1.93. The van der Waals surface area contributed by atoms with Gasteiger partial charge in [0.1, 0.15) is 0 Å². The first-order chi connectivity index (χ1) is 12.0. The van der Waals surface area contributed by atoms with Crippen LogP contribution in [0.4, 0.5) is 11.4 Å². The van der Waals surface area contributed by atoms with Gasteiger partial charge in [-0.25, -0.2) is 0 Å². The van der Waals surface area contributed by atoms with Crippen LogP contribution >= 0.6 is 0 Å². The molecule has 1 aromatic carbocycles. The summed E-state index contributed by atoms with van der Waals surface area (Å²) in [7, 11) is 0. The van der Waals surface area contributed by atoms with E-state index in [1.165, 1.54) is 13.8 Å². The average Bonchev–Trinajstić information content (AvgIpc) is 2.58. The number of ether oxygens (including phenoxy) is 1. The van der Waals surface area contributed by atoms with E-state index in [1.54, 1.807) is 29.2 Å². The van der Waals surface area contributed by atoms with Crippen LogP contribution in [0, 0.1) is 5.92 Å². The molecule has 0 unspecified atom stereocenters. The van der Waals surface area contributed by atoms with Crippen LogP contribution in [-0.2, 0) is 19.1 Å². The summed E-state index contributed by atoms with van der Waals surface area (Å²) < 4.78 is 5.26. The second-order valence-corrected chi connectivity index (χ2v) is 6.08. The largest absolute Gasteiger partial charge is 0.381 e. The van der Waals surface area contributed by atoms with Gasteiger partial charge < -0.3 is 20.3 Å². The summed E-state index contributed by atoms with van der Waals surface area (Å²) in [5.74, 6) is -0.294. The zero-order chi connectivity index (χ0) is 18.2. The fraction of sp³-hybridized carbons (Fsp3) is 0.500. The maximum atomic E-state index is 12.1. The number of anilines is 2. The predicted octanol–water partition coefficient (Wildman–Crippen LogP) is 1.54. The number of hydrogen-bond acceptors (Lipinski definition) is 4. The molecule has 2 rings (SSSR count). The highest BCUT2D eigenvalue weighted by molar-refractivity contribution is 5.94. The number of amides is 3. The van der Waals surface area contributed by atoms with Crippen molar-refractivity contribution in [1.82, 2.24) is 5.32 Å². The zero-order valence-electron chi connectivity index (χ0n) is 14.7. The normalized spacial score (nSPS) is 14.6. The summed E-state index contributed by atoms with van der Waals surface area (Å²) in [6.45, 7) is 4.89. The molecule has 2 N–H and O–H groups in total. The Labute approximate surface area is 147 Å². The van der Waals surface area contributed by atoms with Crippen LogP contribution in [0.3, 0.4) is 0 Å². The molecule has 1 fully saturated rings. The number of carbonyl (C=O) groups is 3. The fourth-order valence-electron chi connectivity index (χ4n) is 2.82. The first-order valence-electron chi connectivity index (χ1n) is 8.48. The number of nitrogens with zero attached hydrogens (tertiary/aromatic N) is 1. The van der Waals surface area contributed by atoms with Gasteiger partial charge in [-0.2, -0.15) is 0 Å². The summed E-state index contributed by atoms with van der Waals surface area (Å²) >= 11 is 0. The Morgan fingerprint density at radius 1 is 1.20 bits per heavy atom. The number of carbonyl (C=O) groups excluding carboxylic acids is 3. The smallest absolute Gasteiger partial charge is 0.223 e. The van der Waals surface area contributed by atoms with E-state index in [0.717, 1.165) is 12.8 Å². The zero-order valence-corrected chi connectivity index (χ0v) is 14.7. The molecular formula is C18H25N3O4. The molecule has 0 aromatic heterocycles. The van der Waals surface area contributed by atoms with Crippen LogP contribution in [0.15, 0.2) is 24.3 Å². The lowest BCUT2D eigenvalue weighted by Gasteiger charge is -2.24. The molecule has 1 heterocycles. The first-order valence-corrected chi connectivity index (χ1v) is 8.48. The summed E-state index contributed by atoms with van der Waals surface area (Å²) in [4.78, 5) is 36.9. The average molecular weight is 347 g/mol. The van der Waals surface area contributed by atoms with E-state index in [4.69, 9.17) is 4.74 Å². The quantitative estimate of drug-likeness (QED) is 0.817. The molecule has 1 aliphatic heterocycles. The summed E-state index contributed by atoms with van der Waals surface area (Å²) in [6, 6.07) is 7.07. The predicted molar refractivity (Wildman–Crippen MR) is 95.3 cm³/mol. The minimum atomic E-state index is -0.171. The molecular weight excluding hydrogens is 322 g/mol. The van der Waals surface area contributed by atoms with Gasteiger partial charge in [0.05, 0.1) is 0 Å². The van der Waals surface area contributed by atoms with Crippen molar-refractivity contribution in [3.05, 3.63) is 24.3 Å². The van der Waals surface area contributed by atoms with E-state index in [9.17, 15) is 14.4 Å². The lowest BCUT2D eigenvalue weighted by Crippen LogP contribution is -2.40. The lowest BCUT2D eigenvalue weighted by atomic mass is 9.99. The highest BCUT2D eigenvalue weighted by Crippen LogP contribution is 2.20. The number of nitrogens with one attached hydrogen (secondary N) is 2. The third-order valence-corrected chi connectivity index (χ3v) is 4.09. The molecule has 1 aromatic rings. The second-order valence-electron chi connectivity index (χ2n) is 6.08. The monoisotopic (exact) mass is 347 g/mol. The molecule has 7 nitrogen and oxygen atoms in total. The van der Waals surface area contributed by atoms with Gasteiger partial charge in [-0.15, -0.1) is 0 Å². The molecule has 136 valence electrons. The maximum absolute atomic E-state index is 12.1. The van der Waals surface area contributed by atoms with E-state index < -0.39 is 0 Å². The third kappa shape index (κ3) is 5.86. The van der Waals surface area contributed by atoms with Gasteiger partial charge in [0.15, 0.2) is 0 Å². The summed E-state index contributed by atoms with van der Waals surface area (Å²) in [5.41, 5.74) is 1.31. The number of hydrogen-bond donors (Lipinski definition) is 2. The SMILES string of the molecule is CC(=O)Nc1cccc(N(CCNC(=O)C2CCOCC2)C(C)=O)c1. The fourth-order valence-corrected chi connectivity index (χ4v) is 2.82. The van der Waals surface area contributed by atoms with Gasteiger partial charge in [-0.1, -0.05) is 6.07 Å². The second kappa shape index (κ2) is 9.17.